The average Bonchev–Trinajstić information content (AvgIpc) is 2.73. The first-order valence-electron chi connectivity index (χ1n) is 5.36. The normalized spacial score (nSPS) is 33.0. The fraction of sp³-hybridized carbons (Fsp3) is 1.00. The number of methoxy groups -OCH3 is 1. The number of hydrogen-bond donors (Lipinski definition) is 1. The number of nitrogens with zero attached hydrogens (tertiary/aromatic N) is 1. The van der Waals surface area contributed by atoms with Crippen molar-refractivity contribution in [3.63, 3.8) is 0 Å². The van der Waals surface area contributed by atoms with E-state index in [9.17, 15) is 0 Å². The molecule has 2 rings (SSSR count). The second-order valence-corrected chi connectivity index (χ2v) is 4.19. The predicted octanol–water partition coefficient (Wildman–Crippen LogP) is 0.459. The first-order valence-corrected chi connectivity index (χ1v) is 5.36. The number of fused-ring (bicyclic) bond motifs is 2. The van der Waals surface area contributed by atoms with Crippen molar-refractivity contribution in [1.29, 1.82) is 0 Å². The number of likely N-dealkylation sites (tertiary alicyclic amines) is 1. The highest BCUT2D eigenvalue weighted by Gasteiger charge is 2.36. The number of nitrogens with one attached hydrogen (secondary N) is 1. The van der Waals surface area contributed by atoms with Crippen LogP contribution in [0.4, 0.5) is 0 Å². The highest BCUT2D eigenvalue weighted by Crippen LogP contribution is 2.23. The molecule has 2 heterocycles. The van der Waals surface area contributed by atoms with E-state index in [2.05, 4.69) is 10.2 Å². The Labute approximate surface area is 80.4 Å². The molecule has 2 fully saturated rings. The molecule has 76 valence electrons. The van der Waals surface area contributed by atoms with E-state index < -0.39 is 0 Å². The Bertz CT molecular complexity index is 163. The van der Waals surface area contributed by atoms with Gasteiger partial charge in [0.25, 0.3) is 0 Å². The summed E-state index contributed by atoms with van der Waals surface area (Å²) in [7, 11) is 1.78. The molecule has 0 aromatic rings. The first-order chi connectivity index (χ1) is 6.40. The van der Waals surface area contributed by atoms with Crippen LogP contribution in [0.5, 0.6) is 0 Å². The fourth-order valence-electron chi connectivity index (χ4n) is 2.48. The number of unbranched alkanes of at least 4 members (excludes halogenated alkanes) is 1. The van der Waals surface area contributed by atoms with Gasteiger partial charge in [0.05, 0.1) is 0 Å². The molecule has 0 aliphatic carbocycles. The third-order valence-electron chi connectivity index (χ3n) is 3.21. The van der Waals surface area contributed by atoms with Gasteiger partial charge in [-0.1, -0.05) is 0 Å². The van der Waals surface area contributed by atoms with Gasteiger partial charge in [0.15, 0.2) is 0 Å². The molecule has 0 spiro atoms. The van der Waals surface area contributed by atoms with E-state index >= 15 is 0 Å². The van der Waals surface area contributed by atoms with Gasteiger partial charge in [-0.2, -0.15) is 0 Å². The zero-order valence-electron chi connectivity index (χ0n) is 8.46. The predicted molar refractivity (Wildman–Crippen MR) is 52.9 cm³/mol. The van der Waals surface area contributed by atoms with Crippen molar-refractivity contribution in [3.05, 3.63) is 0 Å². The van der Waals surface area contributed by atoms with E-state index in [1.807, 2.05) is 0 Å². The minimum absolute atomic E-state index is 0.799. The SMILES string of the molecule is COCCCCN1C[C@@H]2C[C@H]1CN2. The zero-order valence-corrected chi connectivity index (χ0v) is 8.46. The van der Waals surface area contributed by atoms with Crippen molar-refractivity contribution >= 4 is 0 Å². The maximum Gasteiger partial charge on any atom is 0.0462 e. The van der Waals surface area contributed by atoms with Gasteiger partial charge in [0.2, 0.25) is 0 Å². The van der Waals surface area contributed by atoms with Gasteiger partial charge in [0, 0.05) is 38.9 Å². The molecular weight excluding hydrogens is 164 g/mol. The van der Waals surface area contributed by atoms with Crippen molar-refractivity contribution in [3.8, 4) is 0 Å². The summed E-state index contributed by atoms with van der Waals surface area (Å²) >= 11 is 0. The summed E-state index contributed by atoms with van der Waals surface area (Å²) in [6.07, 6.45) is 3.87. The van der Waals surface area contributed by atoms with Gasteiger partial charge >= 0.3 is 0 Å². The largest absolute Gasteiger partial charge is 0.385 e. The molecule has 2 aliphatic rings. The Morgan fingerprint density at radius 2 is 2.38 bits per heavy atom. The summed E-state index contributed by atoms with van der Waals surface area (Å²) in [5.74, 6) is 0. The van der Waals surface area contributed by atoms with Crippen LogP contribution in [0.3, 0.4) is 0 Å². The van der Waals surface area contributed by atoms with Crippen LogP contribution in [-0.2, 0) is 4.74 Å². The molecule has 0 saturated carbocycles. The minimum Gasteiger partial charge on any atom is -0.385 e. The highest BCUT2D eigenvalue weighted by atomic mass is 16.5. The number of rotatable bonds is 5. The summed E-state index contributed by atoms with van der Waals surface area (Å²) < 4.78 is 5.04. The zero-order chi connectivity index (χ0) is 9.10. The molecule has 0 radical (unpaired) electrons. The second kappa shape index (κ2) is 4.40. The van der Waals surface area contributed by atoms with Crippen LogP contribution in [0, 0.1) is 0 Å². The molecule has 2 atom stereocenters. The van der Waals surface area contributed by atoms with Crippen LogP contribution in [0.25, 0.3) is 0 Å². The molecular formula is C10H20N2O. The standard InChI is InChI=1S/C10H20N2O/c1-13-5-3-2-4-12-8-9-6-10(12)7-11-9/h9-11H,2-8H2,1H3/t9-,10-/m0/s1. The molecule has 2 bridgehead atoms. The van der Waals surface area contributed by atoms with Crippen LogP contribution < -0.4 is 5.32 Å². The maximum atomic E-state index is 5.04. The summed E-state index contributed by atoms with van der Waals surface area (Å²) in [4.78, 5) is 2.64. The Kier molecular flexibility index (Phi) is 3.19. The summed E-state index contributed by atoms with van der Waals surface area (Å²) in [6, 6.07) is 1.64. The van der Waals surface area contributed by atoms with E-state index in [-0.39, 0.29) is 0 Å². The fourth-order valence-corrected chi connectivity index (χ4v) is 2.48. The molecule has 13 heavy (non-hydrogen) atoms. The quantitative estimate of drug-likeness (QED) is 0.628. The minimum atomic E-state index is 0.799. The van der Waals surface area contributed by atoms with Crippen molar-refractivity contribution in [2.45, 2.75) is 31.3 Å². The topological polar surface area (TPSA) is 24.5 Å². The van der Waals surface area contributed by atoms with Crippen LogP contribution in [0.2, 0.25) is 0 Å². The molecule has 3 heteroatoms. The van der Waals surface area contributed by atoms with E-state index in [1.54, 1.807) is 7.11 Å². The van der Waals surface area contributed by atoms with Crippen LogP contribution in [0.1, 0.15) is 19.3 Å². The third kappa shape index (κ3) is 2.22. The smallest absolute Gasteiger partial charge is 0.0462 e. The van der Waals surface area contributed by atoms with Gasteiger partial charge in [-0.25, -0.2) is 0 Å². The number of piperazine rings is 1. The number of ether oxygens (including phenoxy) is 1. The molecule has 0 unspecified atom stereocenters. The van der Waals surface area contributed by atoms with E-state index in [4.69, 9.17) is 4.74 Å². The summed E-state index contributed by atoms with van der Waals surface area (Å²) in [6.45, 7) is 4.68. The van der Waals surface area contributed by atoms with Crippen molar-refractivity contribution in [2.75, 3.05) is 33.4 Å². The molecule has 0 aromatic carbocycles. The van der Waals surface area contributed by atoms with Crippen LogP contribution in [-0.4, -0.2) is 50.3 Å². The van der Waals surface area contributed by atoms with Crippen LogP contribution in [0.15, 0.2) is 0 Å². The lowest BCUT2D eigenvalue weighted by molar-refractivity contribution is 0.176. The van der Waals surface area contributed by atoms with Crippen molar-refractivity contribution in [1.82, 2.24) is 10.2 Å². The maximum absolute atomic E-state index is 5.04. The van der Waals surface area contributed by atoms with Gasteiger partial charge in [-0.15, -0.1) is 0 Å². The lowest BCUT2D eigenvalue weighted by atomic mass is 10.2. The average molecular weight is 184 g/mol. The molecule has 1 N–H and O–H groups in total. The Balaban J connectivity index is 1.60. The monoisotopic (exact) mass is 184 g/mol. The second-order valence-electron chi connectivity index (χ2n) is 4.19. The first kappa shape index (κ1) is 9.44. The lowest BCUT2D eigenvalue weighted by Gasteiger charge is -2.26. The van der Waals surface area contributed by atoms with Crippen molar-refractivity contribution < 1.29 is 4.74 Å². The third-order valence-corrected chi connectivity index (χ3v) is 3.21. The molecule has 0 aromatic heterocycles. The van der Waals surface area contributed by atoms with E-state index in [1.165, 1.54) is 38.9 Å². The Morgan fingerprint density at radius 3 is 3.00 bits per heavy atom. The Hall–Kier alpha value is -0.120. The van der Waals surface area contributed by atoms with E-state index in [0.29, 0.717) is 0 Å². The molecule has 2 saturated heterocycles. The van der Waals surface area contributed by atoms with E-state index in [0.717, 1.165) is 18.7 Å². The Morgan fingerprint density at radius 1 is 1.46 bits per heavy atom. The molecule has 0 amide bonds. The summed E-state index contributed by atoms with van der Waals surface area (Å²) in [5, 5.41) is 3.52. The van der Waals surface area contributed by atoms with Gasteiger partial charge in [0.1, 0.15) is 0 Å². The molecule has 2 aliphatic heterocycles. The van der Waals surface area contributed by atoms with Crippen molar-refractivity contribution in [2.24, 2.45) is 0 Å². The molecule has 3 nitrogen and oxygen atoms in total. The van der Waals surface area contributed by atoms with Crippen LogP contribution >= 0.6 is 0 Å². The highest BCUT2D eigenvalue weighted by molar-refractivity contribution is 4.96. The summed E-state index contributed by atoms with van der Waals surface area (Å²) in [5.41, 5.74) is 0. The number of hydrogen-bond acceptors (Lipinski definition) is 3. The van der Waals surface area contributed by atoms with Gasteiger partial charge in [-0.3, -0.25) is 4.90 Å². The van der Waals surface area contributed by atoms with Gasteiger partial charge < -0.3 is 10.1 Å². The van der Waals surface area contributed by atoms with Gasteiger partial charge in [-0.05, 0) is 25.8 Å². The lowest BCUT2D eigenvalue weighted by Crippen LogP contribution is -2.43.